The molecule has 0 radical (unpaired) electrons. The number of nitrogens with one attached hydrogen (secondary N) is 1. The van der Waals surface area contributed by atoms with E-state index in [1.165, 1.54) is 17.0 Å². The highest BCUT2D eigenvalue weighted by atomic mass is 35.5. The van der Waals surface area contributed by atoms with Gasteiger partial charge in [0.2, 0.25) is 11.8 Å². The number of carbonyl (C=O) groups is 2. The van der Waals surface area contributed by atoms with Gasteiger partial charge >= 0.3 is 0 Å². The Kier molecular flexibility index (Phi) is 9.57. The average molecular weight is 556 g/mol. The number of hydrogen-bond donors (Lipinski definition) is 1. The molecule has 7 nitrogen and oxygen atoms in total. The number of nitrogens with zero attached hydrogens (tertiary/aromatic N) is 2. The minimum Gasteiger partial charge on any atom is -0.352 e. The Balaban J connectivity index is 2.03. The van der Waals surface area contributed by atoms with Crippen molar-refractivity contribution in [2.45, 2.75) is 58.1 Å². The highest BCUT2D eigenvalue weighted by Gasteiger charge is 2.32. The molecule has 0 aliphatic carbocycles. The standard InChI is InChI=1S/C29H34ClN3O4S/c1-20(2)31-29(35)23(5)32(18-24-9-7-10-25(30)17-24)28(34)19-33(26-11-6-8-22(4)16-26)38(36,37)27-14-12-21(3)13-15-27/h6-17,20,23H,18-19H2,1-5H3,(H,31,35)/t23-/m0/s1. The van der Waals surface area contributed by atoms with Crippen LogP contribution in [-0.2, 0) is 26.2 Å². The quantitative estimate of drug-likeness (QED) is 0.377. The Morgan fingerprint density at radius 3 is 2.16 bits per heavy atom. The maximum absolute atomic E-state index is 13.9. The summed E-state index contributed by atoms with van der Waals surface area (Å²) >= 11 is 6.17. The SMILES string of the molecule is Cc1ccc(S(=O)(=O)N(CC(=O)N(Cc2cccc(Cl)c2)[C@@H](C)C(=O)NC(C)C)c2cccc(C)c2)cc1. The summed E-state index contributed by atoms with van der Waals surface area (Å²) in [5.41, 5.74) is 2.85. The van der Waals surface area contributed by atoms with Crippen molar-refractivity contribution in [3.63, 3.8) is 0 Å². The van der Waals surface area contributed by atoms with E-state index in [1.54, 1.807) is 61.5 Å². The normalized spacial score (nSPS) is 12.2. The van der Waals surface area contributed by atoms with Gasteiger partial charge in [0, 0.05) is 17.6 Å². The predicted octanol–water partition coefficient (Wildman–Crippen LogP) is 5.09. The summed E-state index contributed by atoms with van der Waals surface area (Å²) in [5, 5.41) is 3.34. The fourth-order valence-electron chi connectivity index (χ4n) is 3.97. The van der Waals surface area contributed by atoms with Crippen LogP contribution in [0, 0.1) is 13.8 Å². The number of carbonyl (C=O) groups excluding carboxylic acids is 2. The van der Waals surface area contributed by atoms with Gasteiger partial charge in [0.1, 0.15) is 12.6 Å². The van der Waals surface area contributed by atoms with E-state index in [0.717, 1.165) is 21.0 Å². The number of rotatable bonds is 10. The topological polar surface area (TPSA) is 86.8 Å². The molecule has 202 valence electrons. The largest absolute Gasteiger partial charge is 0.352 e. The van der Waals surface area contributed by atoms with Gasteiger partial charge in [-0.1, -0.05) is 53.6 Å². The van der Waals surface area contributed by atoms with Crippen LogP contribution in [0.1, 0.15) is 37.5 Å². The third-order valence-electron chi connectivity index (χ3n) is 6.02. The molecule has 0 saturated heterocycles. The Bertz CT molecular complexity index is 1390. The van der Waals surface area contributed by atoms with Gasteiger partial charge in [-0.05, 0) is 82.1 Å². The number of aryl methyl sites for hydroxylation is 2. The molecule has 9 heteroatoms. The van der Waals surface area contributed by atoms with E-state index in [0.29, 0.717) is 10.7 Å². The Labute approximate surface area is 230 Å². The van der Waals surface area contributed by atoms with Gasteiger partial charge in [-0.2, -0.15) is 0 Å². The molecule has 0 bridgehead atoms. The van der Waals surface area contributed by atoms with Gasteiger partial charge in [-0.15, -0.1) is 0 Å². The lowest BCUT2D eigenvalue weighted by Crippen LogP contribution is -2.52. The summed E-state index contributed by atoms with van der Waals surface area (Å²) in [7, 11) is -4.10. The van der Waals surface area contributed by atoms with Crippen molar-refractivity contribution in [3.05, 3.63) is 94.5 Å². The van der Waals surface area contributed by atoms with E-state index in [9.17, 15) is 18.0 Å². The molecular formula is C29H34ClN3O4S. The van der Waals surface area contributed by atoms with Crippen molar-refractivity contribution >= 4 is 39.1 Å². The first-order valence-corrected chi connectivity index (χ1v) is 14.2. The number of hydrogen-bond acceptors (Lipinski definition) is 4. The second-order valence-electron chi connectivity index (χ2n) is 9.65. The van der Waals surface area contributed by atoms with E-state index < -0.39 is 28.5 Å². The summed E-state index contributed by atoms with van der Waals surface area (Å²) in [6.07, 6.45) is 0. The molecule has 3 aromatic rings. The number of benzene rings is 3. The van der Waals surface area contributed by atoms with Crippen LogP contribution in [0.15, 0.2) is 77.7 Å². The number of anilines is 1. The zero-order valence-corrected chi connectivity index (χ0v) is 23.9. The lowest BCUT2D eigenvalue weighted by atomic mass is 10.1. The smallest absolute Gasteiger partial charge is 0.264 e. The fraction of sp³-hybridized carbons (Fsp3) is 0.310. The molecule has 3 aromatic carbocycles. The first kappa shape index (κ1) is 29.2. The van der Waals surface area contributed by atoms with Crippen molar-refractivity contribution < 1.29 is 18.0 Å². The number of halogens is 1. The molecule has 1 N–H and O–H groups in total. The number of sulfonamides is 1. The third kappa shape index (κ3) is 7.36. The van der Waals surface area contributed by atoms with Crippen LogP contribution in [0.2, 0.25) is 5.02 Å². The fourth-order valence-corrected chi connectivity index (χ4v) is 5.59. The molecule has 0 aromatic heterocycles. The summed E-state index contributed by atoms with van der Waals surface area (Å²) in [6, 6.07) is 19.5. The molecule has 0 saturated carbocycles. The van der Waals surface area contributed by atoms with E-state index in [4.69, 9.17) is 11.6 Å². The zero-order chi connectivity index (χ0) is 28.0. The minimum atomic E-state index is -4.10. The molecule has 0 fully saturated rings. The third-order valence-corrected chi connectivity index (χ3v) is 8.04. The predicted molar refractivity (Wildman–Crippen MR) is 152 cm³/mol. The van der Waals surface area contributed by atoms with Gasteiger partial charge in [-0.3, -0.25) is 13.9 Å². The summed E-state index contributed by atoms with van der Waals surface area (Å²) in [6.45, 7) is 8.62. The van der Waals surface area contributed by atoms with Crippen molar-refractivity contribution in [1.29, 1.82) is 0 Å². The summed E-state index contributed by atoms with van der Waals surface area (Å²) in [5.74, 6) is -0.854. The Hall–Kier alpha value is -3.36. The molecule has 0 heterocycles. The van der Waals surface area contributed by atoms with Crippen molar-refractivity contribution in [2.24, 2.45) is 0 Å². The zero-order valence-electron chi connectivity index (χ0n) is 22.3. The monoisotopic (exact) mass is 555 g/mol. The van der Waals surface area contributed by atoms with Crippen LogP contribution in [-0.4, -0.2) is 43.8 Å². The van der Waals surface area contributed by atoms with Crippen LogP contribution in [0.4, 0.5) is 5.69 Å². The highest BCUT2D eigenvalue weighted by Crippen LogP contribution is 2.26. The number of amides is 2. The summed E-state index contributed by atoms with van der Waals surface area (Å²) in [4.78, 5) is 28.3. The van der Waals surface area contributed by atoms with Gasteiger partial charge in [0.15, 0.2) is 0 Å². The molecule has 0 aliphatic rings. The molecular weight excluding hydrogens is 522 g/mol. The van der Waals surface area contributed by atoms with Crippen LogP contribution >= 0.6 is 11.6 Å². The van der Waals surface area contributed by atoms with Crippen LogP contribution in [0.25, 0.3) is 0 Å². The van der Waals surface area contributed by atoms with Crippen molar-refractivity contribution in [1.82, 2.24) is 10.2 Å². The molecule has 0 spiro atoms. The van der Waals surface area contributed by atoms with Crippen molar-refractivity contribution in [3.8, 4) is 0 Å². The van der Waals surface area contributed by atoms with E-state index in [2.05, 4.69) is 5.32 Å². The van der Waals surface area contributed by atoms with Crippen LogP contribution < -0.4 is 9.62 Å². The van der Waals surface area contributed by atoms with E-state index >= 15 is 0 Å². The Morgan fingerprint density at radius 2 is 1.55 bits per heavy atom. The maximum atomic E-state index is 13.9. The van der Waals surface area contributed by atoms with Gasteiger partial charge < -0.3 is 10.2 Å². The molecule has 3 rings (SSSR count). The lowest BCUT2D eigenvalue weighted by molar-refractivity contribution is -0.139. The first-order chi connectivity index (χ1) is 17.9. The molecule has 38 heavy (non-hydrogen) atoms. The van der Waals surface area contributed by atoms with Crippen LogP contribution in [0.5, 0.6) is 0 Å². The second kappa shape index (κ2) is 12.5. The van der Waals surface area contributed by atoms with Crippen molar-refractivity contribution in [2.75, 3.05) is 10.8 Å². The highest BCUT2D eigenvalue weighted by molar-refractivity contribution is 7.92. The van der Waals surface area contributed by atoms with E-state index in [-0.39, 0.29) is 23.4 Å². The lowest BCUT2D eigenvalue weighted by Gasteiger charge is -2.32. The molecule has 0 aliphatic heterocycles. The average Bonchev–Trinajstić information content (AvgIpc) is 2.85. The first-order valence-electron chi connectivity index (χ1n) is 12.4. The second-order valence-corrected chi connectivity index (χ2v) is 12.0. The van der Waals surface area contributed by atoms with Crippen LogP contribution in [0.3, 0.4) is 0 Å². The molecule has 0 unspecified atom stereocenters. The summed E-state index contributed by atoms with van der Waals surface area (Å²) < 4.78 is 28.8. The minimum absolute atomic E-state index is 0.0735. The van der Waals surface area contributed by atoms with Gasteiger partial charge in [0.25, 0.3) is 10.0 Å². The van der Waals surface area contributed by atoms with E-state index in [1.807, 2.05) is 33.8 Å². The van der Waals surface area contributed by atoms with Gasteiger partial charge in [-0.25, -0.2) is 8.42 Å². The molecule has 2 amide bonds. The molecule has 1 atom stereocenters. The maximum Gasteiger partial charge on any atom is 0.264 e. The van der Waals surface area contributed by atoms with Gasteiger partial charge in [0.05, 0.1) is 10.6 Å². The Morgan fingerprint density at radius 1 is 0.895 bits per heavy atom.